The van der Waals surface area contributed by atoms with E-state index in [-0.39, 0.29) is 16.8 Å². The van der Waals surface area contributed by atoms with Gasteiger partial charge in [-0.1, -0.05) is 11.6 Å². The van der Waals surface area contributed by atoms with Crippen molar-refractivity contribution in [2.45, 2.75) is 6.92 Å². The number of anilines is 1. The molecule has 0 unspecified atom stereocenters. The Labute approximate surface area is 115 Å². The number of nitrogen functional groups attached to an aromatic ring is 1. The van der Waals surface area contributed by atoms with Crippen molar-refractivity contribution in [1.29, 1.82) is 0 Å². The van der Waals surface area contributed by atoms with Gasteiger partial charge in [-0.25, -0.2) is 8.78 Å². The zero-order valence-electron chi connectivity index (χ0n) is 11.0. The number of rotatable bonds is 3. The van der Waals surface area contributed by atoms with Crippen LogP contribution in [-0.2, 0) is 0 Å². The van der Waals surface area contributed by atoms with Gasteiger partial charge in [0.15, 0.2) is 5.78 Å². The standard InChI is InChI=1S/C15H13F2NO2/c1-8-3-4-14(20-2)10(5-8)15(19)9-6-13(18)12(17)7-11(9)16/h3-7H,18H2,1-2H3. The lowest BCUT2D eigenvalue weighted by molar-refractivity contribution is 0.103. The van der Waals surface area contributed by atoms with E-state index in [9.17, 15) is 13.6 Å². The van der Waals surface area contributed by atoms with E-state index in [1.54, 1.807) is 25.1 Å². The number of carbonyl (C=O) groups is 1. The summed E-state index contributed by atoms with van der Waals surface area (Å²) in [4.78, 5) is 12.4. The molecule has 104 valence electrons. The lowest BCUT2D eigenvalue weighted by Gasteiger charge is -2.10. The summed E-state index contributed by atoms with van der Waals surface area (Å²) < 4.78 is 32.0. The van der Waals surface area contributed by atoms with E-state index in [4.69, 9.17) is 10.5 Å². The molecule has 0 aromatic heterocycles. The highest BCUT2D eigenvalue weighted by atomic mass is 19.1. The van der Waals surface area contributed by atoms with E-state index >= 15 is 0 Å². The molecule has 0 saturated heterocycles. The van der Waals surface area contributed by atoms with Gasteiger partial charge >= 0.3 is 0 Å². The maximum atomic E-state index is 13.7. The number of benzene rings is 2. The third-order valence-corrected chi connectivity index (χ3v) is 2.93. The zero-order valence-corrected chi connectivity index (χ0v) is 11.0. The van der Waals surface area contributed by atoms with Crippen molar-refractivity contribution in [3.8, 4) is 5.75 Å². The minimum atomic E-state index is -0.953. The van der Waals surface area contributed by atoms with Gasteiger partial charge in [-0.15, -0.1) is 0 Å². The molecule has 2 aromatic carbocycles. The minimum Gasteiger partial charge on any atom is -0.496 e. The quantitative estimate of drug-likeness (QED) is 0.693. The summed E-state index contributed by atoms with van der Waals surface area (Å²) in [6.07, 6.45) is 0. The SMILES string of the molecule is COc1ccc(C)cc1C(=O)c1cc(N)c(F)cc1F. The summed E-state index contributed by atoms with van der Waals surface area (Å²) in [6.45, 7) is 1.80. The highest BCUT2D eigenvalue weighted by Gasteiger charge is 2.20. The van der Waals surface area contributed by atoms with E-state index in [1.165, 1.54) is 7.11 Å². The van der Waals surface area contributed by atoms with Crippen LogP contribution >= 0.6 is 0 Å². The summed E-state index contributed by atoms with van der Waals surface area (Å²) >= 11 is 0. The molecule has 2 aromatic rings. The zero-order chi connectivity index (χ0) is 14.9. The average Bonchev–Trinajstić information content (AvgIpc) is 2.42. The molecule has 20 heavy (non-hydrogen) atoms. The highest BCUT2D eigenvalue weighted by molar-refractivity contribution is 6.11. The molecular formula is C15H13F2NO2. The maximum absolute atomic E-state index is 13.7. The van der Waals surface area contributed by atoms with E-state index in [2.05, 4.69) is 0 Å². The van der Waals surface area contributed by atoms with Crippen molar-refractivity contribution in [2.75, 3.05) is 12.8 Å². The monoisotopic (exact) mass is 277 g/mol. The predicted octanol–water partition coefficient (Wildman–Crippen LogP) is 3.10. The molecule has 0 bridgehead atoms. The summed E-state index contributed by atoms with van der Waals surface area (Å²) in [5.74, 6) is -2.13. The van der Waals surface area contributed by atoms with Crippen LogP contribution in [0.15, 0.2) is 30.3 Å². The molecular weight excluding hydrogens is 264 g/mol. The summed E-state index contributed by atoms with van der Waals surface area (Å²) in [5, 5.41) is 0. The van der Waals surface area contributed by atoms with Crippen molar-refractivity contribution in [3.05, 3.63) is 58.7 Å². The first-order valence-electron chi connectivity index (χ1n) is 5.88. The van der Waals surface area contributed by atoms with Crippen LogP contribution in [0.5, 0.6) is 5.75 Å². The largest absolute Gasteiger partial charge is 0.496 e. The van der Waals surface area contributed by atoms with Gasteiger partial charge in [-0.05, 0) is 25.1 Å². The molecule has 0 aliphatic heterocycles. The van der Waals surface area contributed by atoms with Crippen molar-refractivity contribution in [2.24, 2.45) is 0 Å². The highest BCUT2D eigenvalue weighted by Crippen LogP contribution is 2.25. The molecule has 0 amide bonds. The van der Waals surface area contributed by atoms with Crippen LogP contribution < -0.4 is 10.5 Å². The molecule has 2 N–H and O–H groups in total. The van der Waals surface area contributed by atoms with Gasteiger partial charge in [0.1, 0.15) is 17.4 Å². The number of nitrogens with two attached hydrogens (primary N) is 1. The molecule has 0 aliphatic rings. The normalized spacial score (nSPS) is 10.4. The van der Waals surface area contributed by atoms with E-state index in [1.807, 2.05) is 0 Å². The molecule has 0 saturated carbocycles. The third-order valence-electron chi connectivity index (χ3n) is 2.93. The van der Waals surface area contributed by atoms with Crippen LogP contribution in [0.1, 0.15) is 21.5 Å². The Hall–Kier alpha value is -2.43. The summed E-state index contributed by atoms with van der Waals surface area (Å²) in [7, 11) is 1.41. The van der Waals surface area contributed by atoms with Crippen LogP contribution in [0, 0.1) is 18.6 Å². The average molecular weight is 277 g/mol. The van der Waals surface area contributed by atoms with Gasteiger partial charge < -0.3 is 10.5 Å². The van der Waals surface area contributed by atoms with Crippen molar-refractivity contribution >= 4 is 11.5 Å². The maximum Gasteiger partial charge on any atom is 0.199 e. The number of ketones is 1. The number of methoxy groups -OCH3 is 1. The number of halogens is 2. The molecule has 3 nitrogen and oxygen atoms in total. The van der Waals surface area contributed by atoms with Gasteiger partial charge in [-0.3, -0.25) is 4.79 Å². The van der Waals surface area contributed by atoms with Crippen molar-refractivity contribution < 1.29 is 18.3 Å². The second kappa shape index (κ2) is 5.28. The molecule has 0 aliphatic carbocycles. The number of ether oxygens (including phenoxy) is 1. The molecule has 5 heteroatoms. The molecule has 0 atom stereocenters. The second-order valence-electron chi connectivity index (χ2n) is 4.39. The lowest BCUT2D eigenvalue weighted by atomic mass is 9.99. The number of aryl methyl sites for hydroxylation is 1. The molecule has 0 spiro atoms. The Kier molecular flexibility index (Phi) is 3.70. The Balaban J connectivity index is 2.57. The molecule has 0 radical (unpaired) electrons. The van der Waals surface area contributed by atoms with Crippen LogP contribution in [0.2, 0.25) is 0 Å². The van der Waals surface area contributed by atoms with E-state index in [0.717, 1.165) is 11.6 Å². The fourth-order valence-electron chi connectivity index (χ4n) is 1.88. The van der Waals surface area contributed by atoms with Crippen LogP contribution in [-0.4, -0.2) is 12.9 Å². The van der Waals surface area contributed by atoms with Crippen molar-refractivity contribution in [3.63, 3.8) is 0 Å². The van der Waals surface area contributed by atoms with E-state index < -0.39 is 17.4 Å². The molecule has 0 heterocycles. The van der Waals surface area contributed by atoms with Crippen LogP contribution in [0.4, 0.5) is 14.5 Å². The van der Waals surface area contributed by atoms with Gasteiger partial charge in [-0.2, -0.15) is 0 Å². The Morgan fingerprint density at radius 2 is 1.80 bits per heavy atom. The van der Waals surface area contributed by atoms with Gasteiger partial charge in [0, 0.05) is 6.07 Å². The van der Waals surface area contributed by atoms with E-state index in [0.29, 0.717) is 11.8 Å². The Bertz CT molecular complexity index is 684. The lowest BCUT2D eigenvalue weighted by Crippen LogP contribution is -2.08. The molecule has 2 rings (SSSR count). The summed E-state index contributed by atoms with van der Waals surface area (Å²) in [6, 6.07) is 6.57. The predicted molar refractivity (Wildman–Crippen MR) is 71.9 cm³/mol. The molecule has 0 fully saturated rings. The first kappa shape index (κ1) is 14.0. The second-order valence-corrected chi connectivity index (χ2v) is 4.39. The fourth-order valence-corrected chi connectivity index (χ4v) is 1.88. The Morgan fingerprint density at radius 1 is 1.10 bits per heavy atom. The van der Waals surface area contributed by atoms with Gasteiger partial charge in [0.2, 0.25) is 0 Å². The topological polar surface area (TPSA) is 52.3 Å². The summed E-state index contributed by atoms with van der Waals surface area (Å²) in [5.41, 5.74) is 5.85. The first-order valence-corrected chi connectivity index (χ1v) is 5.88. The van der Waals surface area contributed by atoms with Crippen LogP contribution in [0.3, 0.4) is 0 Å². The number of hydrogen-bond donors (Lipinski definition) is 1. The number of carbonyl (C=O) groups excluding carboxylic acids is 1. The third kappa shape index (κ3) is 2.47. The number of hydrogen-bond acceptors (Lipinski definition) is 3. The Morgan fingerprint density at radius 3 is 2.45 bits per heavy atom. The minimum absolute atomic E-state index is 0.206. The van der Waals surface area contributed by atoms with Crippen LogP contribution in [0.25, 0.3) is 0 Å². The van der Waals surface area contributed by atoms with Crippen molar-refractivity contribution in [1.82, 2.24) is 0 Å². The van der Waals surface area contributed by atoms with Gasteiger partial charge in [0.05, 0.1) is 23.9 Å². The fraction of sp³-hybridized carbons (Fsp3) is 0.133. The smallest absolute Gasteiger partial charge is 0.199 e. The first-order chi connectivity index (χ1) is 9.43. The van der Waals surface area contributed by atoms with Gasteiger partial charge in [0.25, 0.3) is 0 Å².